The van der Waals surface area contributed by atoms with Crippen LogP contribution in [0.15, 0.2) is 24.3 Å². The summed E-state index contributed by atoms with van der Waals surface area (Å²) in [4.78, 5) is 10.0. The van der Waals surface area contributed by atoms with Crippen LogP contribution in [0.5, 0.6) is 0 Å². The second-order valence-electron chi connectivity index (χ2n) is 2.88. The highest BCUT2D eigenvalue weighted by Gasteiger charge is 2.18. The number of hydrogen-bond acceptors (Lipinski definition) is 3. The fraction of sp³-hybridized carbons (Fsp3) is 0.250. The van der Waals surface area contributed by atoms with Gasteiger partial charge in [-0.25, -0.2) is 0 Å². The summed E-state index contributed by atoms with van der Waals surface area (Å²) >= 11 is 2.04. The summed E-state index contributed by atoms with van der Waals surface area (Å²) < 4.78 is -0.566. The van der Waals surface area contributed by atoms with Gasteiger partial charge in [0.25, 0.3) is 5.69 Å². The van der Waals surface area contributed by atoms with Gasteiger partial charge in [-0.3, -0.25) is 10.1 Å². The highest BCUT2D eigenvalue weighted by molar-refractivity contribution is 14.1. The average molecular weight is 292 g/mol. The zero-order chi connectivity index (χ0) is 10.1. The number of nitrogens with zero attached hydrogens (tertiary/aromatic N) is 1. The predicted molar refractivity (Wildman–Crippen MR) is 58.7 cm³/mol. The van der Waals surface area contributed by atoms with Crippen LogP contribution < -0.4 is 5.73 Å². The van der Waals surface area contributed by atoms with E-state index in [0.29, 0.717) is 0 Å². The van der Waals surface area contributed by atoms with E-state index in [1.165, 1.54) is 12.1 Å². The van der Waals surface area contributed by atoms with Gasteiger partial charge in [-0.15, -0.1) is 0 Å². The maximum atomic E-state index is 10.4. The average Bonchev–Trinajstić information content (AvgIpc) is 2.03. The van der Waals surface area contributed by atoms with Gasteiger partial charge >= 0.3 is 0 Å². The van der Waals surface area contributed by atoms with Crippen LogP contribution in [0.1, 0.15) is 12.5 Å². The first kappa shape index (κ1) is 10.4. The Kier molecular flexibility index (Phi) is 2.87. The van der Waals surface area contributed by atoms with E-state index in [0.717, 1.165) is 5.56 Å². The van der Waals surface area contributed by atoms with E-state index in [1.54, 1.807) is 19.1 Å². The van der Waals surface area contributed by atoms with Crippen LogP contribution in [0, 0.1) is 10.1 Å². The highest BCUT2D eigenvalue weighted by Crippen LogP contribution is 2.27. The summed E-state index contributed by atoms with van der Waals surface area (Å²) in [5, 5.41) is 10.4. The van der Waals surface area contributed by atoms with Gasteiger partial charge in [0.15, 0.2) is 0 Å². The first-order valence-electron chi connectivity index (χ1n) is 3.64. The third kappa shape index (κ3) is 2.63. The zero-order valence-electron chi connectivity index (χ0n) is 7.03. The lowest BCUT2D eigenvalue weighted by atomic mass is 10.1. The third-order valence-corrected chi connectivity index (χ3v) is 2.24. The number of alkyl halides is 1. The molecule has 0 saturated heterocycles. The second-order valence-corrected chi connectivity index (χ2v) is 5.12. The molecule has 5 heteroatoms. The van der Waals surface area contributed by atoms with Crippen LogP contribution in [0.3, 0.4) is 0 Å². The van der Waals surface area contributed by atoms with Gasteiger partial charge in [-0.2, -0.15) is 0 Å². The Morgan fingerprint density at radius 2 is 2.23 bits per heavy atom. The third-order valence-electron chi connectivity index (χ3n) is 1.62. The van der Waals surface area contributed by atoms with Crippen molar-refractivity contribution in [3.8, 4) is 0 Å². The molecule has 1 rings (SSSR count). The van der Waals surface area contributed by atoms with Gasteiger partial charge in [-0.1, -0.05) is 34.7 Å². The van der Waals surface area contributed by atoms with E-state index in [9.17, 15) is 10.1 Å². The van der Waals surface area contributed by atoms with E-state index in [-0.39, 0.29) is 5.69 Å². The van der Waals surface area contributed by atoms with Crippen LogP contribution in [0.2, 0.25) is 0 Å². The molecule has 0 aliphatic carbocycles. The minimum atomic E-state index is -0.566. The maximum Gasteiger partial charge on any atom is 0.269 e. The number of hydrogen-bond donors (Lipinski definition) is 1. The molecule has 1 aromatic rings. The smallest absolute Gasteiger partial charge is 0.269 e. The second kappa shape index (κ2) is 3.59. The maximum absolute atomic E-state index is 10.4. The zero-order valence-corrected chi connectivity index (χ0v) is 9.19. The molecule has 0 heterocycles. The fourth-order valence-corrected chi connectivity index (χ4v) is 1.26. The summed E-state index contributed by atoms with van der Waals surface area (Å²) in [5.41, 5.74) is 6.62. The normalized spacial score (nSPS) is 15.0. The van der Waals surface area contributed by atoms with Crippen molar-refractivity contribution >= 4 is 28.3 Å². The van der Waals surface area contributed by atoms with Crippen molar-refractivity contribution in [3.63, 3.8) is 0 Å². The molecule has 0 aliphatic heterocycles. The highest BCUT2D eigenvalue weighted by atomic mass is 127. The molecular weight excluding hydrogens is 283 g/mol. The lowest BCUT2D eigenvalue weighted by molar-refractivity contribution is -0.384. The Hall–Kier alpha value is -0.690. The summed E-state index contributed by atoms with van der Waals surface area (Å²) in [6.45, 7) is 1.80. The van der Waals surface area contributed by atoms with Gasteiger partial charge < -0.3 is 5.73 Å². The Labute approximate surface area is 89.4 Å². The SMILES string of the molecule is C[C@@](N)(I)c1cccc([N+](=O)[O-])c1. The number of nitro benzene ring substituents is 1. The molecule has 0 saturated carbocycles. The Morgan fingerprint density at radius 1 is 1.62 bits per heavy atom. The first-order valence-corrected chi connectivity index (χ1v) is 4.72. The Morgan fingerprint density at radius 3 is 2.69 bits per heavy atom. The van der Waals surface area contributed by atoms with E-state index < -0.39 is 8.47 Å². The summed E-state index contributed by atoms with van der Waals surface area (Å²) in [7, 11) is 0. The van der Waals surface area contributed by atoms with E-state index in [1.807, 2.05) is 22.6 Å². The Bertz CT molecular complexity index is 333. The van der Waals surface area contributed by atoms with Crippen LogP contribution in [-0.2, 0) is 3.55 Å². The minimum Gasteiger partial charge on any atom is -0.313 e. The van der Waals surface area contributed by atoms with Gasteiger partial charge in [0.2, 0.25) is 0 Å². The predicted octanol–water partition coefficient (Wildman–Crippen LogP) is 2.16. The molecule has 0 bridgehead atoms. The molecule has 0 unspecified atom stereocenters. The topological polar surface area (TPSA) is 69.2 Å². The van der Waals surface area contributed by atoms with Gasteiger partial charge in [0, 0.05) is 12.1 Å². The van der Waals surface area contributed by atoms with Gasteiger partial charge in [0.1, 0.15) is 0 Å². The molecule has 0 fully saturated rings. The fourth-order valence-electron chi connectivity index (χ4n) is 0.924. The van der Waals surface area contributed by atoms with Gasteiger partial charge in [0.05, 0.1) is 8.47 Å². The molecule has 0 amide bonds. The van der Waals surface area contributed by atoms with Crippen LogP contribution in [0.4, 0.5) is 5.69 Å². The number of benzene rings is 1. The number of non-ortho nitro benzene ring substituents is 1. The van der Waals surface area contributed by atoms with Crippen molar-refractivity contribution in [1.82, 2.24) is 0 Å². The standard InChI is InChI=1S/C8H9IN2O2/c1-8(9,10)6-3-2-4-7(5-6)11(12)13/h2-5H,10H2,1H3/t8-/m0/s1. The molecule has 1 atom stereocenters. The summed E-state index contributed by atoms with van der Waals surface area (Å²) in [5.74, 6) is 0. The number of halogens is 1. The molecular formula is C8H9IN2O2. The lowest BCUT2D eigenvalue weighted by Crippen LogP contribution is -2.24. The summed E-state index contributed by atoms with van der Waals surface area (Å²) in [6.07, 6.45) is 0. The molecule has 0 aliphatic rings. The molecule has 70 valence electrons. The molecule has 4 nitrogen and oxygen atoms in total. The van der Waals surface area contributed by atoms with Gasteiger partial charge in [-0.05, 0) is 12.5 Å². The monoisotopic (exact) mass is 292 g/mol. The van der Waals surface area contributed by atoms with Crippen molar-refractivity contribution in [2.45, 2.75) is 10.5 Å². The quantitative estimate of drug-likeness (QED) is 0.298. The van der Waals surface area contributed by atoms with Crippen LogP contribution in [0.25, 0.3) is 0 Å². The molecule has 1 aromatic carbocycles. The number of nitrogens with two attached hydrogens (primary N) is 1. The largest absolute Gasteiger partial charge is 0.313 e. The van der Waals surface area contributed by atoms with E-state index >= 15 is 0 Å². The van der Waals surface area contributed by atoms with E-state index in [2.05, 4.69) is 0 Å². The lowest BCUT2D eigenvalue weighted by Gasteiger charge is -2.15. The minimum absolute atomic E-state index is 0.0749. The molecule has 2 N–H and O–H groups in total. The number of rotatable bonds is 2. The molecule has 0 radical (unpaired) electrons. The summed E-state index contributed by atoms with van der Waals surface area (Å²) in [6, 6.07) is 6.36. The van der Waals surface area contributed by atoms with Crippen LogP contribution in [-0.4, -0.2) is 4.92 Å². The van der Waals surface area contributed by atoms with Crippen molar-refractivity contribution in [3.05, 3.63) is 39.9 Å². The molecule has 0 aromatic heterocycles. The number of nitro groups is 1. The van der Waals surface area contributed by atoms with Crippen molar-refractivity contribution < 1.29 is 4.92 Å². The van der Waals surface area contributed by atoms with Crippen molar-refractivity contribution in [2.24, 2.45) is 5.73 Å². The Balaban J connectivity index is 3.13. The van der Waals surface area contributed by atoms with Crippen LogP contribution >= 0.6 is 22.6 Å². The van der Waals surface area contributed by atoms with Crippen molar-refractivity contribution in [2.75, 3.05) is 0 Å². The molecule has 13 heavy (non-hydrogen) atoms. The van der Waals surface area contributed by atoms with Crippen molar-refractivity contribution in [1.29, 1.82) is 0 Å². The first-order chi connectivity index (χ1) is 5.91. The molecule has 0 spiro atoms. The van der Waals surface area contributed by atoms with E-state index in [4.69, 9.17) is 5.73 Å².